The normalized spacial score (nSPS) is 11.5. The van der Waals surface area contributed by atoms with E-state index in [0.717, 1.165) is 17.1 Å². The molecule has 0 aliphatic rings. The highest BCUT2D eigenvalue weighted by atomic mass is 32.2. The summed E-state index contributed by atoms with van der Waals surface area (Å²) in [6, 6.07) is 6.18. The molecule has 2 aromatic rings. The Labute approximate surface area is 170 Å². The Balaban J connectivity index is 1.97. The molecular formula is C19H25N3O6S. The first-order chi connectivity index (χ1) is 13.7. The number of esters is 1. The van der Waals surface area contributed by atoms with Crippen molar-refractivity contribution in [1.82, 2.24) is 9.46 Å². The molecule has 1 N–H and O–H groups in total. The van der Waals surface area contributed by atoms with Crippen LogP contribution in [0.4, 0.5) is 5.69 Å². The molecule has 0 aliphatic carbocycles. The molecule has 0 unspecified atom stereocenters. The molecule has 0 atom stereocenters. The molecule has 0 saturated carbocycles. The summed E-state index contributed by atoms with van der Waals surface area (Å²) in [5.74, 6) is -0.793. The number of ether oxygens (including phenoxy) is 1. The zero-order valence-corrected chi connectivity index (χ0v) is 17.7. The van der Waals surface area contributed by atoms with Gasteiger partial charge in [-0.2, -0.15) is 4.31 Å². The van der Waals surface area contributed by atoms with Crippen molar-refractivity contribution in [2.24, 2.45) is 0 Å². The van der Waals surface area contributed by atoms with Gasteiger partial charge in [0.2, 0.25) is 15.9 Å². The molecular weight excluding hydrogens is 398 g/mol. The van der Waals surface area contributed by atoms with Crippen LogP contribution in [-0.2, 0) is 19.6 Å². The molecule has 1 aromatic carbocycles. The number of benzene rings is 1. The molecule has 0 bridgehead atoms. The van der Waals surface area contributed by atoms with Crippen molar-refractivity contribution in [1.29, 1.82) is 0 Å². The monoisotopic (exact) mass is 423 g/mol. The van der Waals surface area contributed by atoms with E-state index in [4.69, 9.17) is 9.26 Å². The largest absolute Gasteiger partial charge is 0.462 e. The van der Waals surface area contributed by atoms with E-state index in [1.807, 2.05) is 6.92 Å². The number of likely N-dealkylation sites (N-methyl/N-ethyl adjacent to an activating group) is 1. The van der Waals surface area contributed by atoms with Crippen molar-refractivity contribution in [3.8, 4) is 0 Å². The summed E-state index contributed by atoms with van der Waals surface area (Å²) in [6.07, 6.45) is 1.73. The van der Waals surface area contributed by atoms with Crippen molar-refractivity contribution >= 4 is 27.6 Å². The minimum Gasteiger partial charge on any atom is -0.462 e. The van der Waals surface area contributed by atoms with Gasteiger partial charge in [-0.05, 0) is 44.5 Å². The van der Waals surface area contributed by atoms with E-state index >= 15 is 0 Å². The second-order valence-corrected chi connectivity index (χ2v) is 8.51. The minimum atomic E-state index is -3.92. The van der Waals surface area contributed by atoms with Crippen LogP contribution in [0.15, 0.2) is 33.7 Å². The fourth-order valence-electron chi connectivity index (χ4n) is 2.57. The number of sulfonamides is 1. The van der Waals surface area contributed by atoms with E-state index < -0.39 is 28.4 Å². The highest BCUT2D eigenvalue weighted by molar-refractivity contribution is 7.89. The van der Waals surface area contributed by atoms with Gasteiger partial charge in [0.15, 0.2) is 5.76 Å². The molecule has 0 spiro atoms. The number of anilines is 1. The fraction of sp³-hybridized carbons (Fsp3) is 0.421. The summed E-state index contributed by atoms with van der Waals surface area (Å²) in [7, 11) is -2.62. The molecule has 2 rings (SSSR count). The van der Waals surface area contributed by atoms with Crippen LogP contribution in [0.5, 0.6) is 0 Å². The third-order valence-corrected chi connectivity index (χ3v) is 6.19. The van der Waals surface area contributed by atoms with E-state index in [1.165, 1.54) is 33.0 Å². The highest BCUT2D eigenvalue weighted by Crippen LogP contribution is 2.22. The first-order valence-corrected chi connectivity index (χ1v) is 10.6. The van der Waals surface area contributed by atoms with Crippen molar-refractivity contribution < 1.29 is 27.3 Å². The van der Waals surface area contributed by atoms with Crippen LogP contribution in [-0.4, -0.2) is 50.0 Å². The lowest BCUT2D eigenvalue weighted by Crippen LogP contribution is -2.35. The van der Waals surface area contributed by atoms with Crippen LogP contribution < -0.4 is 5.32 Å². The first-order valence-electron chi connectivity index (χ1n) is 9.13. The predicted molar refractivity (Wildman–Crippen MR) is 106 cm³/mol. The van der Waals surface area contributed by atoms with Crippen LogP contribution in [0.1, 0.15) is 41.6 Å². The van der Waals surface area contributed by atoms with Gasteiger partial charge in [-0.25, -0.2) is 13.2 Å². The number of hydrogen-bond acceptors (Lipinski definition) is 7. The first kappa shape index (κ1) is 22.6. The highest BCUT2D eigenvalue weighted by Gasteiger charge is 2.29. The Bertz CT molecular complexity index is 947. The summed E-state index contributed by atoms with van der Waals surface area (Å²) in [5.41, 5.74) is 1.04. The molecule has 0 saturated heterocycles. The van der Waals surface area contributed by atoms with Crippen molar-refractivity contribution in [3.63, 3.8) is 0 Å². The Kier molecular flexibility index (Phi) is 7.52. The molecule has 1 amide bonds. The summed E-state index contributed by atoms with van der Waals surface area (Å²) >= 11 is 0. The van der Waals surface area contributed by atoms with Crippen LogP contribution in [0, 0.1) is 13.8 Å². The third kappa shape index (κ3) is 5.64. The Morgan fingerprint density at radius 1 is 1.21 bits per heavy atom. The second kappa shape index (κ2) is 9.66. The minimum absolute atomic E-state index is 0.0428. The number of amides is 1. The average molecular weight is 423 g/mol. The van der Waals surface area contributed by atoms with Gasteiger partial charge in [0, 0.05) is 12.7 Å². The molecule has 9 nitrogen and oxygen atoms in total. The summed E-state index contributed by atoms with van der Waals surface area (Å²) in [5, 5.41) is 6.24. The molecule has 29 heavy (non-hydrogen) atoms. The second-order valence-electron chi connectivity index (χ2n) is 6.53. The van der Waals surface area contributed by atoms with Crippen LogP contribution >= 0.6 is 0 Å². The zero-order chi connectivity index (χ0) is 21.6. The van der Waals surface area contributed by atoms with Gasteiger partial charge in [-0.1, -0.05) is 18.5 Å². The SMILES string of the molecule is CCCCOC(=O)c1ccc(NC(=O)CN(C)S(=O)(=O)c2c(C)noc2C)cc1. The maximum atomic E-state index is 12.6. The van der Waals surface area contributed by atoms with Crippen LogP contribution in [0.2, 0.25) is 0 Å². The van der Waals surface area contributed by atoms with E-state index in [1.54, 1.807) is 12.1 Å². The summed E-state index contributed by atoms with van der Waals surface area (Å²) < 4.78 is 36.2. The maximum absolute atomic E-state index is 12.6. The number of nitrogens with one attached hydrogen (secondary N) is 1. The average Bonchev–Trinajstić information content (AvgIpc) is 3.01. The van der Waals surface area contributed by atoms with E-state index in [-0.39, 0.29) is 16.3 Å². The molecule has 158 valence electrons. The van der Waals surface area contributed by atoms with E-state index in [2.05, 4.69) is 10.5 Å². The third-order valence-electron chi connectivity index (χ3n) is 4.14. The maximum Gasteiger partial charge on any atom is 0.338 e. The zero-order valence-electron chi connectivity index (χ0n) is 16.9. The number of hydrogen-bond donors (Lipinski definition) is 1. The molecule has 0 radical (unpaired) electrons. The van der Waals surface area contributed by atoms with Gasteiger partial charge in [0.25, 0.3) is 0 Å². The number of aromatic nitrogens is 1. The van der Waals surface area contributed by atoms with Gasteiger partial charge in [0.05, 0.1) is 18.7 Å². The summed E-state index contributed by atoms with van der Waals surface area (Å²) in [4.78, 5) is 24.1. The predicted octanol–water partition coefficient (Wildman–Crippen LogP) is 2.51. The van der Waals surface area contributed by atoms with Crippen molar-refractivity contribution in [3.05, 3.63) is 41.3 Å². The molecule has 1 aromatic heterocycles. The van der Waals surface area contributed by atoms with Crippen LogP contribution in [0.25, 0.3) is 0 Å². The standard InChI is InChI=1S/C19H25N3O6S/c1-5-6-11-27-19(24)15-7-9-16(10-8-15)20-17(23)12-22(4)29(25,26)18-13(2)21-28-14(18)3/h7-10H,5-6,11-12H2,1-4H3,(H,20,23). The molecule has 10 heteroatoms. The number of nitrogens with zero attached hydrogens (tertiary/aromatic N) is 2. The number of unbranched alkanes of at least 4 members (excludes halogenated alkanes) is 1. The van der Waals surface area contributed by atoms with Crippen molar-refractivity contribution in [2.75, 3.05) is 25.5 Å². The topological polar surface area (TPSA) is 119 Å². The smallest absolute Gasteiger partial charge is 0.338 e. The Morgan fingerprint density at radius 3 is 2.41 bits per heavy atom. The molecule has 0 aliphatic heterocycles. The van der Waals surface area contributed by atoms with Gasteiger partial charge < -0.3 is 14.6 Å². The lowest BCUT2D eigenvalue weighted by molar-refractivity contribution is -0.116. The van der Waals surface area contributed by atoms with E-state index in [9.17, 15) is 18.0 Å². The number of carbonyl (C=O) groups is 2. The fourth-order valence-corrected chi connectivity index (χ4v) is 3.98. The van der Waals surface area contributed by atoms with Gasteiger partial charge in [-0.15, -0.1) is 0 Å². The number of carbonyl (C=O) groups excluding carboxylic acids is 2. The Morgan fingerprint density at radius 2 is 1.86 bits per heavy atom. The Hall–Kier alpha value is -2.72. The van der Waals surface area contributed by atoms with E-state index in [0.29, 0.717) is 17.9 Å². The quantitative estimate of drug-likeness (QED) is 0.486. The van der Waals surface area contributed by atoms with Gasteiger partial charge in [0.1, 0.15) is 10.6 Å². The number of aryl methyl sites for hydroxylation is 2. The van der Waals surface area contributed by atoms with Gasteiger partial charge >= 0.3 is 5.97 Å². The lowest BCUT2D eigenvalue weighted by Gasteiger charge is -2.16. The van der Waals surface area contributed by atoms with Crippen molar-refractivity contribution in [2.45, 2.75) is 38.5 Å². The number of rotatable bonds is 9. The van der Waals surface area contributed by atoms with Crippen LogP contribution in [0.3, 0.4) is 0 Å². The summed E-state index contributed by atoms with van der Waals surface area (Å²) in [6.45, 7) is 4.98. The molecule has 0 fully saturated rings. The van der Waals surface area contributed by atoms with Gasteiger partial charge in [-0.3, -0.25) is 4.79 Å². The molecule has 1 heterocycles. The lowest BCUT2D eigenvalue weighted by atomic mass is 10.2.